The first-order chi connectivity index (χ1) is 23.3. The van der Waals surface area contributed by atoms with Gasteiger partial charge in [0.25, 0.3) is 8.53 Å². The molecule has 1 amide bonds. The minimum atomic E-state index is -1.51. The van der Waals surface area contributed by atoms with Gasteiger partial charge in [-0.05, 0) is 56.8 Å². The number of ether oxygens (including phenoxy) is 2. The fourth-order valence-corrected chi connectivity index (χ4v) is 8.04. The van der Waals surface area contributed by atoms with Crippen LogP contribution in [0.25, 0.3) is 22.3 Å². The van der Waals surface area contributed by atoms with Gasteiger partial charge in [0.05, 0.1) is 37.6 Å². The summed E-state index contributed by atoms with van der Waals surface area (Å²) >= 11 is 0. The molecule has 1 fully saturated rings. The van der Waals surface area contributed by atoms with E-state index < -0.39 is 33.1 Å². The van der Waals surface area contributed by atoms with Crippen molar-refractivity contribution in [1.29, 1.82) is 5.26 Å². The minimum Gasteiger partial charge on any atom is -0.448 e. The smallest absolute Gasteiger partial charge is 0.412 e. The maximum atomic E-state index is 13.1. The first kappa shape index (κ1) is 31.6. The summed E-state index contributed by atoms with van der Waals surface area (Å²) in [6, 6.07) is 18.7. The van der Waals surface area contributed by atoms with Gasteiger partial charge in [0, 0.05) is 25.8 Å². The number of amides is 1. The average molecular weight is 659 g/mol. The Morgan fingerprint density at radius 2 is 1.83 bits per heavy atom. The molecule has 13 heteroatoms. The summed E-state index contributed by atoms with van der Waals surface area (Å²) in [5, 5.41) is 11.8. The number of fused-ring (bicyclic) bond motifs is 4. The van der Waals surface area contributed by atoms with Crippen LogP contribution in [0.4, 0.5) is 10.6 Å². The van der Waals surface area contributed by atoms with Gasteiger partial charge in [0.15, 0.2) is 17.0 Å². The van der Waals surface area contributed by atoms with Crippen molar-refractivity contribution in [1.82, 2.24) is 24.2 Å². The van der Waals surface area contributed by atoms with Gasteiger partial charge in [0.1, 0.15) is 19.2 Å². The van der Waals surface area contributed by atoms with Gasteiger partial charge >= 0.3 is 6.09 Å². The lowest BCUT2D eigenvalue weighted by molar-refractivity contribution is -0.00494. The summed E-state index contributed by atoms with van der Waals surface area (Å²) in [5.74, 6) is 0.149. The largest absolute Gasteiger partial charge is 0.448 e. The van der Waals surface area contributed by atoms with E-state index in [1.165, 1.54) is 6.33 Å². The normalized spacial score (nSPS) is 20.0. The molecule has 47 heavy (non-hydrogen) atoms. The molecule has 2 aromatic carbocycles. The molecule has 1 unspecified atom stereocenters. The third kappa shape index (κ3) is 6.86. The highest BCUT2D eigenvalue weighted by molar-refractivity contribution is 7.44. The summed E-state index contributed by atoms with van der Waals surface area (Å²) in [6.07, 6.45) is 1.53. The van der Waals surface area contributed by atoms with Crippen molar-refractivity contribution in [3.05, 3.63) is 72.3 Å². The van der Waals surface area contributed by atoms with Crippen LogP contribution in [0.5, 0.6) is 0 Å². The van der Waals surface area contributed by atoms with E-state index >= 15 is 0 Å². The zero-order valence-electron chi connectivity index (χ0n) is 27.9. The fraction of sp³-hybridized carbons (Fsp3) is 0.441. The van der Waals surface area contributed by atoms with E-state index in [9.17, 15) is 4.79 Å². The lowest BCUT2D eigenvalue weighted by atomic mass is 9.98. The zero-order chi connectivity index (χ0) is 33.8. The van der Waals surface area contributed by atoms with Crippen LogP contribution >= 0.6 is 8.53 Å². The van der Waals surface area contributed by atoms with Crippen molar-refractivity contribution >= 4 is 31.6 Å². The number of nitriles is 1. The third-order valence-electron chi connectivity index (χ3n) is 8.30. The molecule has 1 aliphatic heterocycles. The molecule has 1 saturated heterocycles. The van der Waals surface area contributed by atoms with Crippen LogP contribution < -0.4 is 5.32 Å². The Labute approximate surface area is 277 Å². The second-order valence-electron chi connectivity index (χ2n) is 12.1. The predicted octanol–water partition coefficient (Wildman–Crippen LogP) is 7.16. The molecular formula is C34H40N7O5P. The Morgan fingerprint density at radius 3 is 2.49 bits per heavy atom. The number of rotatable bonds is 12. The molecule has 0 radical (unpaired) electrons. The molecule has 6 rings (SSSR count). The fourth-order valence-electron chi connectivity index (χ4n) is 6.28. The molecule has 0 spiro atoms. The molecule has 246 valence electrons. The molecule has 1 N–H and O–H groups in total. The van der Waals surface area contributed by atoms with Crippen molar-refractivity contribution in [3.63, 3.8) is 0 Å². The molecule has 0 bridgehead atoms. The third-order valence-corrected chi connectivity index (χ3v) is 10.5. The number of hydrogen-bond acceptors (Lipinski definition) is 10. The van der Waals surface area contributed by atoms with Gasteiger partial charge in [-0.15, -0.1) is 0 Å². The van der Waals surface area contributed by atoms with E-state index in [1.54, 1.807) is 10.9 Å². The lowest BCUT2D eigenvalue weighted by Crippen LogP contribution is -2.35. The monoisotopic (exact) mass is 658 g/mol. The number of benzene rings is 2. The SMILES string of the molecule is [2H]C[C@H]1O[C@@H](n2cnc3c(NC(=O)OCC4c5ccccc5-c5ccccc54)ncnc32)C[C@H]1OP(OCCC#N)N(C(C)C)C(C)C. The number of aromatic nitrogens is 4. The van der Waals surface area contributed by atoms with Gasteiger partial charge < -0.3 is 18.5 Å². The number of carbonyl (C=O) groups excluding carboxylic acids is 1. The molecule has 1 aliphatic carbocycles. The lowest BCUT2D eigenvalue weighted by Gasteiger charge is -2.37. The highest BCUT2D eigenvalue weighted by atomic mass is 31.2. The Hall–Kier alpha value is -3.98. The first-order valence-corrected chi connectivity index (χ1v) is 16.9. The van der Waals surface area contributed by atoms with Crippen molar-refractivity contribution in [2.24, 2.45) is 0 Å². The minimum absolute atomic E-state index is 0.0118. The topological polar surface area (TPSA) is 137 Å². The summed E-state index contributed by atoms with van der Waals surface area (Å²) < 4.78 is 36.8. The van der Waals surface area contributed by atoms with E-state index in [1.807, 2.05) is 24.3 Å². The van der Waals surface area contributed by atoms with Gasteiger partial charge in [-0.2, -0.15) is 5.26 Å². The number of hydrogen-bond donors (Lipinski definition) is 1. The van der Waals surface area contributed by atoms with Crippen LogP contribution in [-0.4, -0.2) is 67.8 Å². The van der Waals surface area contributed by atoms with Gasteiger partial charge in [-0.1, -0.05) is 48.5 Å². The highest BCUT2D eigenvalue weighted by Gasteiger charge is 2.39. The van der Waals surface area contributed by atoms with Gasteiger partial charge in [-0.3, -0.25) is 9.88 Å². The molecule has 2 aromatic heterocycles. The second-order valence-corrected chi connectivity index (χ2v) is 13.5. The van der Waals surface area contributed by atoms with Crippen LogP contribution in [0.2, 0.25) is 0 Å². The Kier molecular flexibility index (Phi) is 9.70. The summed E-state index contributed by atoms with van der Waals surface area (Å²) in [4.78, 5) is 26.3. The average Bonchev–Trinajstić information content (AvgIpc) is 3.77. The van der Waals surface area contributed by atoms with Gasteiger partial charge in [-0.25, -0.2) is 24.4 Å². The molecule has 3 heterocycles. The highest BCUT2D eigenvalue weighted by Crippen LogP contribution is 2.50. The first-order valence-electron chi connectivity index (χ1n) is 16.5. The summed E-state index contributed by atoms with van der Waals surface area (Å²) in [6.45, 7) is 8.72. The zero-order valence-corrected chi connectivity index (χ0v) is 27.8. The van der Waals surface area contributed by atoms with Crippen LogP contribution in [-0.2, 0) is 18.5 Å². The molecule has 0 saturated carbocycles. The standard InChI is InChI=1S/C34H40N7O5P/c1-21(2)41(22(3)4)47(44-16-10-15-35)46-29-17-30(45-23(29)5)40-20-38-31-32(36-19-37-33(31)40)39-34(42)43-18-28-26-13-8-6-11-24(26)25-12-7-9-14-27(25)28/h6-9,11-14,19-23,28-30H,10,16-18H2,1-5H3,(H,36,37,39,42)/t23-,29-,30-,47?/m1/s1/i5D. The van der Waals surface area contributed by atoms with Gasteiger partial charge in [0.2, 0.25) is 0 Å². The molecular weight excluding hydrogens is 617 g/mol. The Bertz CT molecular complexity index is 1730. The number of nitrogens with one attached hydrogen (secondary N) is 1. The number of imidazole rings is 1. The number of nitrogens with zero attached hydrogens (tertiary/aromatic N) is 6. The number of carbonyl (C=O) groups is 1. The van der Waals surface area contributed by atoms with Crippen LogP contribution in [0.3, 0.4) is 0 Å². The molecule has 2 aliphatic rings. The maximum Gasteiger partial charge on any atom is 0.412 e. The molecule has 4 aromatic rings. The van der Waals surface area contributed by atoms with Crippen molar-refractivity contribution in [2.75, 3.05) is 18.5 Å². The van der Waals surface area contributed by atoms with Crippen molar-refractivity contribution in [2.45, 2.75) is 83.9 Å². The second kappa shape index (κ2) is 14.4. The summed E-state index contributed by atoms with van der Waals surface area (Å²) in [5.41, 5.74) is 5.41. The van der Waals surface area contributed by atoms with E-state index in [-0.39, 0.29) is 50.4 Å². The van der Waals surface area contributed by atoms with Crippen LogP contribution in [0.1, 0.15) is 72.1 Å². The van der Waals surface area contributed by atoms with Crippen LogP contribution in [0.15, 0.2) is 61.2 Å². The number of anilines is 1. The van der Waals surface area contributed by atoms with Crippen molar-refractivity contribution in [3.8, 4) is 17.2 Å². The maximum absolute atomic E-state index is 13.1. The predicted molar refractivity (Wildman–Crippen MR) is 178 cm³/mol. The van der Waals surface area contributed by atoms with Crippen molar-refractivity contribution < 1.29 is 24.7 Å². The summed E-state index contributed by atoms with van der Waals surface area (Å²) in [7, 11) is -1.51. The van der Waals surface area contributed by atoms with E-state index in [4.69, 9.17) is 25.2 Å². The Morgan fingerprint density at radius 1 is 1.13 bits per heavy atom. The molecule has 12 nitrogen and oxygen atoms in total. The van der Waals surface area contributed by atoms with E-state index in [2.05, 4.69) is 83.0 Å². The van der Waals surface area contributed by atoms with E-state index in [0.29, 0.717) is 17.6 Å². The quantitative estimate of drug-likeness (QED) is 0.123. The molecule has 4 atom stereocenters. The Balaban J connectivity index is 1.15. The van der Waals surface area contributed by atoms with Crippen LogP contribution in [0, 0.1) is 11.3 Å². The van der Waals surface area contributed by atoms with E-state index in [0.717, 1.165) is 22.3 Å².